The second-order valence-electron chi connectivity index (χ2n) is 4.05. The number of carbonyl (C=O) groups is 1. The number of hydrogen-bond donors (Lipinski definition) is 2. The van der Waals surface area contributed by atoms with Crippen molar-refractivity contribution in [2.75, 3.05) is 6.54 Å². The highest BCUT2D eigenvalue weighted by molar-refractivity contribution is 5.94. The first kappa shape index (κ1) is 11.7. The molecule has 0 fully saturated rings. The van der Waals surface area contributed by atoms with E-state index in [2.05, 4.69) is 5.32 Å². The number of benzene rings is 1. The molecule has 3 N–H and O–H groups in total. The highest BCUT2D eigenvalue weighted by Gasteiger charge is 2.18. The summed E-state index contributed by atoms with van der Waals surface area (Å²) in [5, 5.41) is 2.76. The Morgan fingerprint density at radius 1 is 1.40 bits per heavy atom. The molecule has 0 saturated carbocycles. The van der Waals surface area contributed by atoms with E-state index in [-0.39, 0.29) is 11.7 Å². The van der Waals surface area contributed by atoms with Crippen molar-refractivity contribution >= 4 is 5.91 Å². The van der Waals surface area contributed by atoms with E-state index >= 15 is 0 Å². The number of amides is 1. The van der Waals surface area contributed by atoms with Gasteiger partial charge in [0.05, 0.1) is 0 Å². The molecule has 0 spiro atoms. The molecule has 1 amide bonds. The maximum Gasteiger partial charge on any atom is 0.251 e. The van der Waals surface area contributed by atoms with E-state index in [0.29, 0.717) is 12.1 Å². The van der Waals surface area contributed by atoms with Gasteiger partial charge < -0.3 is 11.1 Å². The standard InChI is InChI=1S/C11H15FN2O/c1-11(2,7-13)14-10(15)8-3-5-9(12)6-4-8/h3-6H,7,13H2,1-2H3,(H,14,15). The van der Waals surface area contributed by atoms with E-state index in [4.69, 9.17) is 5.73 Å². The summed E-state index contributed by atoms with van der Waals surface area (Å²) >= 11 is 0. The van der Waals surface area contributed by atoms with E-state index in [1.54, 1.807) is 0 Å². The highest BCUT2D eigenvalue weighted by atomic mass is 19.1. The summed E-state index contributed by atoms with van der Waals surface area (Å²) in [4.78, 5) is 11.6. The minimum Gasteiger partial charge on any atom is -0.346 e. The fraction of sp³-hybridized carbons (Fsp3) is 0.364. The molecule has 4 heteroatoms. The van der Waals surface area contributed by atoms with Crippen LogP contribution in [0.3, 0.4) is 0 Å². The molecule has 0 aliphatic heterocycles. The fourth-order valence-electron chi connectivity index (χ4n) is 1.03. The Morgan fingerprint density at radius 3 is 2.40 bits per heavy atom. The monoisotopic (exact) mass is 210 g/mol. The summed E-state index contributed by atoms with van der Waals surface area (Å²) in [5.41, 5.74) is 5.46. The molecule has 0 aliphatic carbocycles. The van der Waals surface area contributed by atoms with Gasteiger partial charge in [-0.2, -0.15) is 0 Å². The molecule has 1 rings (SSSR count). The van der Waals surface area contributed by atoms with Crippen molar-refractivity contribution in [3.63, 3.8) is 0 Å². The predicted molar refractivity (Wildman–Crippen MR) is 57.0 cm³/mol. The maximum absolute atomic E-state index is 12.6. The van der Waals surface area contributed by atoms with Crippen LogP contribution in [0, 0.1) is 5.82 Å². The Hall–Kier alpha value is -1.42. The van der Waals surface area contributed by atoms with Crippen LogP contribution in [-0.2, 0) is 0 Å². The summed E-state index contributed by atoms with van der Waals surface area (Å²) in [6, 6.07) is 5.39. The van der Waals surface area contributed by atoms with Crippen LogP contribution in [0.25, 0.3) is 0 Å². The van der Waals surface area contributed by atoms with E-state index in [0.717, 1.165) is 0 Å². The molecule has 0 saturated heterocycles. The normalized spacial score (nSPS) is 11.2. The lowest BCUT2D eigenvalue weighted by atomic mass is 10.1. The van der Waals surface area contributed by atoms with Crippen molar-refractivity contribution in [2.45, 2.75) is 19.4 Å². The van der Waals surface area contributed by atoms with Crippen LogP contribution >= 0.6 is 0 Å². The van der Waals surface area contributed by atoms with Crippen LogP contribution < -0.4 is 11.1 Å². The Balaban J connectivity index is 2.74. The molecule has 0 heterocycles. The highest BCUT2D eigenvalue weighted by Crippen LogP contribution is 2.05. The van der Waals surface area contributed by atoms with Gasteiger partial charge in [0.15, 0.2) is 0 Å². The van der Waals surface area contributed by atoms with Gasteiger partial charge in [-0.3, -0.25) is 4.79 Å². The molecule has 1 aromatic rings. The van der Waals surface area contributed by atoms with Gasteiger partial charge in [-0.05, 0) is 38.1 Å². The van der Waals surface area contributed by atoms with E-state index in [1.807, 2.05) is 13.8 Å². The molecule has 3 nitrogen and oxygen atoms in total. The van der Waals surface area contributed by atoms with Gasteiger partial charge in [0.25, 0.3) is 5.91 Å². The molecule has 0 atom stereocenters. The number of halogens is 1. The minimum atomic E-state index is -0.453. The molecule has 0 aliphatic rings. The number of nitrogens with one attached hydrogen (secondary N) is 1. The topological polar surface area (TPSA) is 55.1 Å². The molecular weight excluding hydrogens is 195 g/mol. The summed E-state index contributed by atoms with van der Waals surface area (Å²) in [6.45, 7) is 4.00. The van der Waals surface area contributed by atoms with Gasteiger partial charge in [0, 0.05) is 17.6 Å². The van der Waals surface area contributed by atoms with Crippen molar-refractivity contribution in [3.05, 3.63) is 35.6 Å². The molecular formula is C11H15FN2O. The van der Waals surface area contributed by atoms with Crippen LogP contribution in [0.2, 0.25) is 0 Å². The van der Waals surface area contributed by atoms with Crippen LogP contribution in [0.15, 0.2) is 24.3 Å². The number of carbonyl (C=O) groups excluding carboxylic acids is 1. The quantitative estimate of drug-likeness (QED) is 0.790. The SMILES string of the molecule is CC(C)(CN)NC(=O)c1ccc(F)cc1. The number of rotatable bonds is 3. The third-order valence-corrected chi connectivity index (χ3v) is 2.07. The first-order valence-electron chi connectivity index (χ1n) is 4.73. The van der Waals surface area contributed by atoms with Crippen molar-refractivity contribution in [1.29, 1.82) is 0 Å². The third-order valence-electron chi connectivity index (χ3n) is 2.07. The smallest absolute Gasteiger partial charge is 0.251 e. The minimum absolute atomic E-state index is 0.245. The van der Waals surface area contributed by atoms with E-state index < -0.39 is 5.54 Å². The average Bonchev–Trinajstić information content (AvgIpc) is 2.18. The number of nitrogens with two attached hydrogens (primary N) is 1. The van der Waals surface area contributed by atoms with Crippen molar-refractivity contribution in [1.82, 2.24) is 5.32 Å². The van der Waals surface area contributed by atoms with Gasteiger partial charge >= 0.3 is 0 Å². The molecule has 0 aromatic heterocycles. The molecule has 1 aromatic carbocycles. The zero-order valence-electron chi connectivity index (χ0n) is 8.88. The van der Waals surface area contributed by atoms with Gasteiger partial charge in [-0.1, -0.05) is 0 Å². The second-order valence-corrected chi connectivity index (χ2v) is 4.05. The van der Waals surface area contributed by atoms with Crippen LogP contribution in [0.1, 0.15) is 24.2 Å². The summed E-state index contributed by atoms with van der Waals surface area (Å²) in [6.07, 6.45) is 0. The Labute approximate surface area is 88.5 Å². The molecule has 0 unspecified atom stereocenters. The first-order chi connectivity index (χ1) is 6.94. The lowest BCUT2D eigenvalue weighted by molar-refractivity contribution is 0.0915. The van der Waals surface area contributed by atoms with E-state index in [9.17, 15) is 9.18 Å². The zero-order chi connectivity index (χ0) is 11.5. The summed E-state index contributed by atoms with van der Waals surface area (Å²) in [5.74, 6) is -0.602. The Morgan fingerprint density at radius 2 is 1.93 bits per heavy atom. The fourth-order valence-corrected chi connectivity index (χ4v) is 1.03. The van der Waals surface area contributed by atoms with Gasteiger partial charge in [0.2, 0.25) is 0 Å². The van der Waals surface area contributed by atoms with Crippen molar-refractivity contribution in [2.24, 2.45) is 5.73 Å². The predicted octanol–water partition coefficient (Wildman–Crippen LogP) is 1.29. The van der Waals surface area contributed by atoms with Gasteiger partial charge in [-0.25, -0.2) is 4.39 Å². The summed E-state index contributed by atoms with van der Waals surface area (Å²) < 4.78 is 12.6. The van der Waals surface area contributed by atoms with Crippen LogP contribution in [0.5, 0.6) is 0 Å². The lowest BCUT2D eigenvalue weighted by Crippen LogP contribution is -2.48. The molecule has 0 radical (unpaired) electrons. The molecule has 15 heavy (non-hydrogen) atoms. The maximum atomic E-state index is 12.6. The van der Waals surface area contributed by atoms with Crippen molar-refractivity contribution in [3.8, 4) is 0 Å². The molecule has 82 valence electrons. The number of hydrogen-bond acceptors (Lipinski definition) is 2. The Bertz CT molecular complexity index is 346. The van der Waals surface area contributed by atoms with Gasteiger partial charge in [0.1, 0.15) is 5.82 Å². The molecule has 0 bridgehead atoms. The Kier molecular flexibility index (Phi) is 3.42. The van der Waals surface area contributed by atoms with Gasteiger partial charge in [-0.15, -0.1) is 0 Å². The first-order valence-corrected chi connectivity index (χ1v) is 4.73. The van der Waals surface area contributed by atoms with Crippen LogP contribution in [0.4, 0.5) is 4.39 Å². The zero-order valence-corrected chi connectivity index (χ0v) is 8.88. The second kappa shape index (κ2) is 4.40. The summed E-state index contributed by atoms with van der Waals surface area (Å²) in [7, 11) is 0. The van der Waals surface area contributed by atoms with E-state index in [1.165, 1.54) is 24.3 Å². The van der Waals surface area contributed by atoms with Crippen molar-refractivity contribution < 1.29 is 9.18 Å². The third kappa shape index (κ3) is 3.32. The largest absolute Gasteiger partial charge is 0.346 e. The van der Waals surface area contributed by atoms with Crippen LogP contribution in [-0.4, -0.2) is 18.0 Å². The average molecular weight is 210 g/mol. The lowest BCUT2D eigenvalue weighted by Gasteiger charge is -2.24.